The Bertz CT molecular complexity index is 2710. The molecule has 9 aromatic rings. The highest BCUT2D eigenvalue weighted by Crippen LogP contribution is 2.41. The molecule has 232 valence electrons. The van der Waals surface area contributed by atoms with E-state index in [0.717, 1.165) is 72.4 Å². The number of para-hydroxylation sites is 3. The van der Waals surface area contributed by atoms with Crippen LogP contribution in [-0.4, -0.2) is 20.2 Å². The van der Waals surface area contributed by atoms with Crippen molar-refractivity contribution in [1.82, 2.24) is 14.5 Å². The lowest BCUT2D eigenvalue weighted by atomic mass is 10.0. The van der Waals surface area contributed by atoms with Gasteiger partial charge in [-0.15, -0.1) is 0 Å². The molecule has 10 rings (SSSR count). The molecule has 3 aromatic heterocycles. The highest BCUT2D eigenvalue weighted by molar-refractivity contribution is 6.19. The first-order chi connectivity index (χ1) is 24.3. The van der Waals surface area contributed by atoms with Crippen molar-refractivity contribution in [2.75, 3.05) is 10.2 Å². The number of fused-ring (bicyclic) bond motifs is 7. The average molecular weight is 633 g/mol. The molecule has 0 radical (unpaired) electrons. The number of aliphatic imine (C=N–C) groups is 1. The molecule has 0 fully saturated rings. The normalized spacial score (nSPS) is 14.2. The third-order valence-corrected chi connectivity index (χ3v) is 9.27. The van der Waals surface area contributed by atoms with E-state index in [2.05, 4.69) is 112 Å². The van der Waals surface area contributed by atoms with E-state index in [1.54, 1.807) is 0 Å². The van der Waals surface area contributed by atoms with E-state index in [9.17, 15) is 0 Å². The molecule has 0 spiro atoms. The molecule has 49 heavy (non-hydrogen) atoms. The van der Waals surface area contributed by atoms with Crippen LogP contribution >= 0.6 is 0 Å². The third-order valence-electron chi connectivity index (χ3n) is 9.27. The molecule has 1 N–H and O–H groups in total. The number of anilines is 4. The van der Waals surface area contributed by atoms with E-state index in [-0.39, 0.29) is 0 Å². The summed E-state index contributed by atoms with van der Waals surface area (Å²) in [5.41, 5.74) is 7.22. The van der Waals surface area contributed by atoms with Crippen molar-refractivity contribution in [3.63, 3.8) is 0 Å². The van der Waals surface area contributed by atoms with Gasteiger partial charge in [-0.25, -0.2) is 9.98 Å². The second-order valence-electron chi connectivity index (χ2n) is 12.2. The van der Waals surface area contributed by atoms with Crippen molar-refractivity contribution in [2.24, 2.45) is 4.99 Å². The van der Waals surface area contributed by atoms with Crippen LogP contribution in [0.2, 0.25) is 0 Å². The van der Waals surface area contributed by atoms with Gasteiger partial charge < -0.3 is 9.73 Å². The highest BCUT2D eigenvalue weighted by Gasteiger charge is 2.31. The number of rotatable bonds is 5. The summed E-state index contributed by atoms with van der Waals surface area (Å²) in [6.45, 7) is 0. The van der Waals surface area contributed by atoms with Crippen molar-refractivity contribution >= 4 is 72.4 Å². The lowest BCUT2D eigenvalue weighted by Crippen LogP contribution is -2.24. The molecular formula is C42H28N6O. The Labute approximate surface area is 281 Å². The van der Waals surface area contributed by atoms with Crippen LogP contribution in [0, 0.1) is 0 Å². The van der Waals surface area contributed by atoms with Crippen LogP contribution in [0.15, 0.2) is 167 Å². The van der Waals surface area contributed by atoms with Gasteiger partial charge in [0.2, 0.25) is 12.2 Å². The van der Waals surface area contributed by atoms with Gasteiger partial charge >= 0.3 is 0 Å². The molecule has 1 aliphatic rings. The van der Waals surface area contributed by atoms with Crippen LogP contribution < -0.4 is 10.2 Å². The Morgan fingerprint density at radius 2 is 1.35 bits per heavy atom. The summed E-state index contributed by atoms with van der Waals surface area (Å²) in [5, 5.41) is 9.09. The van der Waals surface area contributed by atoms with Gasteiger partial charge in [0.1, 0.15) is 16.9 Å². The molecule has 0 aliphatic carbocycles. The van der Waals surface area contributed by atoms with Gasteiger partial charge in [0.15, 0.2) is 5.76 Å². The topological polar surface area (TPSA) is 71.5 Å². The highest BCUT2D eigenvalue weighted by atomic mass is 16.3. The molecule has 1 atom stereocenters. The van der Waals surface area contributed by atoms with Gasteiger partial charge in [0.25, 0.3) is 0 Å². The number of nitrogens with zero attached hydrogens (tertiary/aromatic N) is 5. The lowest BCUT2D eigenvalue weighted by molar-refractivity contribution is 0.576. The summed E-state index contributed by atoms with van der Waals surface area (Å²) in [7, 11) is 0. The minimum atomic E-state index is -0.514. The van der Waals surface area contributed by atoms with Crippen molar-refractivity contribution < 1.29 is 4.42 Å². The Kier molecular flexibility index (Phi) is 6.11. The third kappa shape index (κ3) is 4.40. The van der Waals surface area contributed by atoms with Gasteiger partial charge in [-0.3, -0.25) is 9.47 Å². The van der Waals surface area contributed by atoms with Gasteiger partial charge in [-0.1, -0.05) is 109 Å². The maximum Gasteiger partial charge on any atom is 0.236 e. The van der Waals surface area contributed by atoms with Gasteiger partial charge in [-0.2, -0.15) is 4.98 Å². The minimum absolute atomic E-state index is 0.514. The summed E-state index contributed by atoms with van der Waals surface area (Å²) < 4.78 is 8.63. The lowest BCUT2D eigenvalue weighted by Gasteiger charge is -2.26. The van der Waals surface area contributed by atoms with Crippen molar-refractivity contribution in [2.45, 2.75) is 6.29 Å². The van der Waals surface area contributed by atoms with Crippen molar-refractivity contribution in [3.8, 4) is 0 Å². The molecule has 7 heteroatoms. The molecule has 1 aliphatic heterocycles. The quantitative estimate of drug-likeness (QED) is 0.204. The maximum atomic E-state index is 6.44. The van der Waals surface area contributed by atoms with E-state index >= 15 is 0 Å². The van der Waals surface area contributed by atoms with Crippen LogP contribution in [0.25, 0.3) is 43.7 Å². The second-order valence-corrected chi connectivity index (χ2v) is 12.2. The Hall–Kier alpha value is -6.73. The van der Waals surface area contributed by atoms with E-state index in [4.69, 9.17) is 19.4 Å². The second kappa shape index (κ2) is 10.9. The fourth-order valence-corrected chi connectivity index (χ4v) is 7.01. The number of aromatic nitrogens is 3. The number of furan rings is 1. The number of hydrogen-bond donors (Lipinski definition) is 1. The molecule has 4 heterocycles. The van der Waals surface area contributed by atoms with Gasteiger partial charge in [0.05, 0.1) is 11.2 Å². The van der Waals surface area contributed by atoms with E-state index in [0.29, 0.717) is 5.95 Å². The average Bonchev–Trinajstić information content (AvgIpc) is 3.71. The zero-order valence-corrected chi connectivity index (χ0v) is 26.2. The van der Waals surface area contributed by atoms with Crippen LogP contribution in [0.5, 0.6) is 0 Å². The Morgan fingerprint density at radius 3 is 2.20 bits per heavy atom. The monoisotopic (exact) mass is 632 g/mol. The summed E-state index contributed by atoms with van der Waals surface area (Å²) in [6, 6.07) is 51.8. The Balaban J connectivity index is 1.21. The van der Waals surface area contributed by atoms with Crippen LogP contribution in [0.3, 0.4) is 0 Å². The molecule has 0 saturated carbocycles. The van der Waals surface area contributed by atoms with Crippen LogP contribution in [-0.2, 0) is 0 Å². The number of benzene rings is 6. The van der Waals surface area contributed by atoms with Gasteiger partial charge in [0, 0.05) is 39.3 Å². The van der Waals surface area contributed by atoms with Gasteiger partial charge in [-0.05, 0) is 53.2 Å². The standard InChI is InChI=1S/C42H28N6O/c1-3-14-28(15-4-1)37-39-38(33-20-10-12-22-36(33)49-39)45-42(44-37)48-35-21-11-9-19-32(35)34-26-43-41(46-40(34)48)47(30-17-5-2-6-18-30)31-24-23-27-13-7-8-16-29(27)25-31/h1-26,42,45H. The first-order valence-corrected chi connectivity index (χ1v) is 16.3. The van der Waals surface area contributed by atoms with Crippen LogP contribution in [0.1, 0.15) is 17.6 Å². The van der Waals surface area contributed by atoms with E-state index in [1.165, 1.54) is 5.39 Å². The molecule has 0 amide bonds. The zero-order chi connectivity index (χ0) is 32.3. The summed E-state index contributed by atoms with van der Waals surface area (Å²) in [5.74, 6) is 1.29. The van der Waals surface area contributed by atoms with Crippen molar-refractivity contribution in [1.29, 1.82) is 0 Å². The first-order valence-electron chi connectivity index (χ1n) is 16.3. The molecular weight excluding hydrogens is 605 g/mol. The molecule has 6 aromatic carbocycles. The maximum absolute atomic E-state index is 6.44. The first kappa shape index (κ1) is 27.4. The predicted octanol–water partition coefficient (Wildman–Crippen LogP) is 10.4. The zero-order valence-electron chi connectivity index (χ0n) is 26.2. The predicted molar refractivity (Wildman–Crippen MR) is 198 cm³/mol. The van der Waals surface area contributed by atoms with Crippen molar-refractivity contribution in [3.05, 3.63) is 169 Å². The summed E-state index contributed by atoms with van der Waals surface area (Å²) in [6.07, 6.45) is 1.43. The summed E-state index contributed by atoms with van der Waals surface area (Å²) in [4.78, 5) is 17.9. The molecule has 1 unspecified atom stereocenters. The number of nitrogens with one attached hydrogen (secondary N) is 1. The number of hydrogen-bond acceptors (Lipinski definition) is 6. The molecule has 0 bridgehead atoms. The molecule has 7 nitrogen and oxygen atoms in total. The van der Waals surface area contributed by atoms with Crippen LogP contribution in [0.4, 0.5) is 23.0 Å². The minimum Gasteiger partial charge on any atom is -0.452 e. The smallest absolute Gasteiger partial charge is 0.236 e. The largest absolute Gasteiger partial charge is 0.452 e. The van der Waals surface area contributed by atoms with E-state index < -0.39 is 6.29 Å². The Morgan fingerprint density at radius 1 is 0.633 bits per heavy atom. The fraction of sp³-hybridized carbons (Fsp3) is 0.0238. The SMILES string of the molecule is c1ccc(C2=NC(n3c4ccccc4c4cnc(N(c5ccccc5)c5ccc6ccccc6c5)nc43)Nc3c2oc2ccccc32)cc1. The summed E-state index contributed by atoms with van der Waals surface area (Å²) >= 11 is 0. The van der Waals surface area contributed by atoms with E-state index in [1.807, 2.05) is 60.8 Å². The molecule has 0 saturated heterocycles. The fourth-order valence-electron chi connectivity index (χ4n) is 7.01.